The van der Waals surface area contributed by atoms with Crippen LogP contribution in [0.2, 0.25) is 0 Å². The first-order chi connectivity index (χ1) is 14.8. The molecule has 7 nitrogen and oxygen atoms in total. The van der Waals surface area contributed by atoms with E-state index in [0.29, 0.717) is 5.95 Å². The summed E-state index contributed by atoms with van der Waals surface area (Å²) in [5, 5.41) is 15.8. The van der Waals surface area contributed by atoms with E-state index in [1.54, 1.807) is 10.9 Å². The van der Waals surface area contributed by atoms with Crippen LogP contribution < -0.4 is 10.1 Å². The number of fused-ring (bicyclic) bond motifs is 3. The van der Waals surface area contributed by atoms with Crippen LogP contribution in [0.5, 0.6) is 5.75 Å². The van der Waals surface area contributed by atoms with Crippen LogP contribution in [0, 0.1) is 6.92 Å². The van der Waals surface area contributed by atoms with Gasteiger partial charge < -0.3 is 10.1 Å². The van der Waals surface area contributed by atoms with Crippen molar-refractivity contribution in [1.82, 2.24) is 25.2 Å². The number of para-hydroxylation sites is 1. The summed E-state index contributed by atoms with van der Waals surface area (Å²) in [5.74, 6) is 1.43. The maximum absolute atomic E-state index is 6.57. The van der Waals surface area contributed by atoms with Crippen LogP contribution in [0.4, 0.5) is 5.95 Å². The molecule has 4 aromatic rings. The van der Waals surface area contributed by atoms with Crippen LogP contribution in [-0.2, 0) is 0 Å². The number of hydrogen-bond donors (Lipinski definition) is 1. The Labute approximate surface area is 173 Å². The second kappa shape index (κ2) is 6.52. The molecule has 1 N–H and O–H groups in total. The molecule has 0 fully saturated rings. The Morgan fingerprint density at radius 2 is 1.83 bits per heavy atom. The van der Waals surface area contributed by atoms with Gasteiger partial charge in [-0.05, 0) is 46.7 Å². The molecule has 0 saturated heterocycles. The van der Waals surface area contributed by atoms with Crippen molar-refractivity contribution in [2.24, 2.45) is 0 Å². The summed E-state index contributed by atoms with van der Waals surface area (Å²) in [6.45, 7) is 2.08. The van der Waals surface area contributed by atoms with Crippen LogP contribution in [0.3, 0.4) is 0 Å². The van der Waals surface area contributed by atoms with E-state index in [2.05, 4.69) is 63.1 Å². The molecular weight excluding hydrogens is 376 g/mol. The lowest BCUT2D eigenvalue weighted by Crippen LogP contribution is -2.32. The average Bonchev–Trinajstić information content (AvgIpc) is 3.26. The smallest absolute Gasteiger partial charge is 0.248 e. The van der Waals surface area contributed by atoms with Gasteiger partial charge >= 0.3 is 0 Å². The van der Waals surface area contributed by atoms with Crippen LogP contribution in [-0.4, -0.2) is 25.2 Å². The molecule has 0 bridgehead atoms. The summed E-state index contributed by atoms with van der Waals surface area (Å²) in [4.78, 5) is 4.34. The zero-order valence-corrected chi connectivity index (χ0v) is 16.2. The van der Waals surface area contributed by atoms with Gasteiger partial charge in [0.25, 0.3) is 0 Å². The number of nitrogens with zero attached hydrogens (tertiary/aromatic N) is 5. The number of nitrogens with one attached hydrogen (secondary N) is 1. The highest BCUT2D eigenvalue weighted by atomic mass is 16.5. The van der Waals surface area contributed by atoms with Gasteiger partial charge in [0.1, 0.15) is 17.9 Å². The maximum Gasteiger partial charge on any atom is 0.248 e. The van der Waals surface area contributed by atoms with Gasteiger partial charge in [-0.3, -0.25) is 4.98 Å². The molecule has 146 valence electrons. The third-order valence-corrected chi connectivity index (χ3v) is 5.62. The number of ether oxygens (including phenoxy) is 1. The largest absolute Gasteiger partial charge is 0.480 e. The predicted molar refractivity (Wildman–Crippen MR) is 112 cm³/mol. The molecule has 0 saturated carbocycles. The fourth-order valence-corrected chi connectivity index (χ4v) is 4.21. The Morgan fingerprint density at radius 1 is 0.967 bits per heavy atom. The highest BCUT2D eigenvalue weighted by molar-refractivity contribution is 5.85. The van der Waals surface area contributed by atoms with Crippen molar-refractivity contribution in [3.05, 3.63) is 101 Å². The summed E-state index contributed by atoms with van der Waals surface area (Å²) in [7, 11) is 0. The Balaban J connectivity index is 1.63. The molecule has 6 rings (SSSR count). The van der Waals surface area contributed by atoms with E-state index >= 15 is 0 Å². The van der Waals surface area contributed by atoms with Gasteiger partial charge in [-0.15, -0.1) is 0 Å². The second-order valence-corrected chi connectivity index (χ2v) is 7.50. The zero-order valence-electron chi connectivity index (χ0n) is 16.2. The van der Waals surface area contributed by atoms with E-state index in [9.17, 15) is 0 Å². The minimum atomic E-state index is -0.287. The number of aryl methyl sites for hydroxylation is 1. The number of benzene rings is 2. The zero-order chi connectivity index (χ0) is 20.1. The summed E-state index contributed by atoms with van der Waals surface area (Å²) < 4.78 is 8.37. The number of aromatic nitrogens is 5. The number of rotatable bonds is 2. The summed E-state index contributed by atoms with van der Waals surface area (Å²) in [6, 6.07) is 20.3. The molecular formula is C23H18N6O. The Morgan fingerprint density at radius 3 is 2.67 bits per heavy atom. The van der Waals surface area contributed by atoms with Crippen LogP contribution in [0.1, 0.15) is 34.4 Å². The normalized spacial score (nSPS) is 19.2. The predicted octanol–water partition coefficient (Wildman–Crippen LogP) is 3.94. The molecule has 2 aliphatic rings. The first-order valence-corrected chi connectivity index (χ1v) is 9.81. The molecule has 7 heteroatoms. The molecule has 0 radical (unpaired) electrons. The summed E-state index contributed by atoms with van der Waals surface area (Å²) in [5.41, 5.74) is 6.33. The Kier molecular flexibility index (Phi) is 3.67. The standard InChI is InChI=1S/C23H18N6O/c1-14-8-10-15(11-9-14)22-19-20(17-6-2-3-7-18(17)30-22)25-23-26-27-28-29(23)21(19)16-5-4-12-24-13-16/h2-13,21-22H,1H3,(H,25,26,28)/t21-,22+/m0/s1. The number of pyridine rings is 1. The molecule has 0 spiro atoms. The fraction of sp³-hybridized carbons (Fsp3) is 0.130. The van der Waals surface area contributed by atoms with E-state index in [1.165, 1.54) is 5.56 Å². The number of anilines is 1. The Hall–Kier alpha value is -4.00. The van der Waals surface area contributed by atoms with Crippen molar-refractivity contribution in [1.29, 1.82) is 0 Å². The average molecular weight is 394 g/mol. The molecule has 2 aliphatic heterocycles. The summed E-state index contributed by atoms with van der Waals surface area (Å²) >= 11 is 0. The first-order valence-electron chi connectivity index (χ1n) is 9.81. The third kappa shape index (κ3) is 2.52. The SMILES string of the molecule is Cc1ccc([C@H]2Oc3ccccc3C3=C2[C@H](c2cccnc2)n2nnnc2N3)cc1. The molecule has 2 aromatic carbocycles. The molecule has 4 heterocycles. The van der Waals surface area contributed by atoms with Crippen LogP contribution >= 0.6 is 0 Å². The van der Waals surface area contributed by atoms with Gasteiger partial charge in [0.05, 0.1) is 5.70 Å². The lowest BCUT2D eigenvalue weighted by molar-refractivity contribution is 0.222. The molecule has 30 heavy (non-hydrogen) atoms. The maximum atomic E-state index is 6.57. The topological polar surface area (TPSA) is 77.8 Å². The van der Waals surface area contributed by atoms with E-state index in [0.717, 1.165) is 33.7 Å². The minimum absolute atomic E-state index is 0.236. The van der Waals surface area contributed by atoms with Gasteiger partial charge in [-0.25, -0.2) is 0 Å². The highest BCUT2D eigenvalue weighted by Crippen LogP contribution is 2.50. The van der Waals surface area contributed by atoms with E-state index in [4.69, 9.17) is 4.74 Å². The van der Waals surface area contributed by atoms with Crippen LogP contribution in [0.25, 0.3) is 5.70 Å². The van der Waals surface area contributed by atoms with Crippen molar-refractivity contribution in [2.75, 3.05) is 5.32 Å². The lowest BCUT2D eigenvalue weighted by Gasteiger charge is -2.38. The van der Waals surface area contributed by atoms with Gasteiger partial charge in [0.15, 0.2) is 0 Å². The quantitative estimate of drug-likeness (QED) is 0.555. The first kappa shape index (κ1) is 16.9. The number of hydrogen-bond acceptors (Lipinski definition) is 6. The number of tetrazole rings is 1. The molecule has 0 unspecified atom stereocenters. The monoisotopic (exact) mass is 394 g/mol. The van der Waals surface area contributed by atoms with Crippen molar-refractivity contribution >= 4 is 11.6 Å². The van der Waals surface area contributed by atoms with Gasteiger partial charge in [0, 0.05) is 23.5 Å². The van der Waals surface area contributed by atoms with E-state index in [1.807, 2.05) is 36.5 Å². The summed E-state index contributed by atoms with van der Waals surface area (Å²) in [6.07, 6.45) is 3.34. The van der Waals surface area contributed by atoms with Crippen molar-refractivity contribution in [3.63, 3.8) is 0 Å². The van der Waals surface area contributed by atoms with Gasteiger partial charge in [-0.1, -0.05) is 53.1 Å². The molecule has 2 atom stereocenters. The van der Waals surface area contributed by atoms with Gasteiger partial charge in [-0.2, -0.15) is 4.68 Å². The molecule has 0 amide bonds. The lowest BCUT2D eigenvalue weighted by atomic mass is 9.85. The van der Waals surface area contributed by atoms with E-state index in [-0.39, 0.29) is 12.1 Å². The van der Waals surface area contributed by atoms with Crippen molar-refractivity contribution in [3.8, 4) is 5.75 Å². The highest BCUT2D eigenvalue weighted by Gasteiger charge is 2.41. The van der Waals surface area contributed by atoms with Crippen LogP contribution in [0.15, 0.2) is 78.6 Å². The van der Waals surface area contributed by atoms with Crippen molar-refractivity contribution in [2.45, 2.75) is 19.1 Å². The molecule has 0 aliphatic carbocycles. The van der Waals surface area contributed by atoms with Crippen molar-refractivity contribution < 1.29 is 4.74 Å². The van der Waals surface area contributed by atoms with Gasteiger partial charge in [0.2, 0.25) is 5.95 Å². The fourth-order valence-electron chi connectivity index (χ4n) is 4.21. The Bertz CT molecular complexity index is 1260. The second-order valence-electron chi connectivity index (χ2n) is 7.50. The van der Waals surface area contributed by atoms with E-state index < -0.39 is 0 Å². The third-order valence-electron chi connectivity index (χ3n) is 5.62. The minimum Gasteiger partial charge on any atom is -0.480 e. The molecule has 2 aromatic heterocycles.